The molecule has 142 valence electrons. The Labute approximate surface area is 162 Å². The molecule has 1 N–H and O–H groups in total. The molecule has 0 radical (unpaired) electrons. The zero-order valence-electron chi connectivity index (χ0n) is 13.8. The Bertz CT molecular complexity index is 1130. The second-order valence-corrected chi connectivity index (χ2v) is 8.72. The lowest BCUT2D eigenvalue weighted by atomic mass is 10.0. The fourth-order valence-electron chi connectivity index (χ4n) is 3.02. The second kappa shape index (κ2) is 6.84. The summed E-state index contributed by atoms with van der Waals surface area (Å²) in [4.78, 5) is -0.126. The quantitative estimate of drug-likeness (QED) is 0.606. The monoisotopic (exact) mass is 457 g/mol. The van der Waals surface area contributed by atoms with Gasteiger partial charge < -0.3 is 4.74 Å². The van der Waals surface area contributed by atoms with Crippen molar-refractivity contribution < 1.29 is 21.9 Å². The number of pyridine rings is 1. The molecule has 6 nitrogen and oxygen atoms in total. The van der Waals surface area contributed by atoms with E-state index < -0.39 is 27.3 Å². The first-order valence-corrected chi connectivity index (χ1v) is 10.3. The van der Waals surface area contributed by atoms with Gasteiger partial charge in [0.05, 0.1) is 28.5 Å². The summed E-state index contributed by atoms with van der Waals surface area (Å²) in [5, 5.41) is 4.09. The Morgan fingerprint density at radius 3 is 2.81 bits per heavy atom. The number of anilines is 1. The third kappa shape index (κ3) is 3.44. The van der Waals surface area contributed by atoms with Crippen LogP contribution in [0.15, 0.2) is 46.0 Å². The van der Waals surface area contributed by atoms with E-state index in [0.717, 1.165) is 24.1 Å². The standard InChI is InChI=1S/C17H14BrF2N3O3S/c18-12-5-14(20)15(6-13(12)19)22-27(24,25)17-7-21-23-8-10(1-2-16(17)23)11-3-4-26-9-11/h1-2,5-8,11,22H,3-4,9H2. The lowest BCUT2D eigenvalue weighted by molar-refractivity contribution is 0.194. The SMILES string of the molecule is O=S(=O)(Nc1cc(F)c(Br)cc1F)c1cnn2cc(C3CCOC3)ccc12. The lowest BCUT2D eigenvalue weighted by Gasteiger charge is -2.10. The Morgan fingerprint density at radius 1 is 1.26 bits per heavy atom. The Hall–Kier alpha value is -2.04. The van der Waals surface area contributed by atoms with Gasteiger partial charge in [0.2, 0.25) is 0 Å². The van der Waals surface area contributed by atoms with Crippen LogP contribution in [0.2, 0.25) is 0 Å². The topological polar surface area (TPSA) is 72.7 Å². The highest BCUT2D eigenvalue weighted by molar-refractivity contribution is 9.10. The van der Waals surface area contributed by atoms with Gasteiger partial charge >= 0.3 is 0 Å². The van der Waals surface area contributed by atoms with E-state index in [1.165, 1.54) is 10.7 Å². The number of nitrogens with zero attached hydrogens (tertiary/aromatic N) is 2. The maximum atomic E-state index is 14.0. The number of ether oxygens (including phenoxy) is 1. The molecule has 0 amide bonds. The first-order chi connectivity index (χ1) is 12.8. The van der Waals surface area contributed by atoms with Crippen LogP contribution in [0.4, 0.5) is 14.5 Å². The molecule has 3 heterocycles. The van der Waals surface area contributed by atoms with Crippen molar-refractivity contribution >= 4 is 37.2 Å². The van der Waals surface area contributed by atoms with Crippen molar-refractivity contribution in [2.45, 2.75) is 17.2 Å². The number of sulfonamides is 1. The van der Waals surface area contributed by atoms with Gasteiger partial charge in [0, 0.05) is 24.8 Å². The third-order valence-electron chi connectivity index (χ3n) is 4.45. The van der Waals surface area contributed by atoms with Crippen LogP contribution >= 0.6 is 15.9 Å². The van der Waals surface area contributed by atoms with E-state index in [9.17, 15) is 17.2 Å². The van der Waals surface area contributed by atoms with Gasteiger partial charge in [-0.25, -0.2) is 21.7 Å². The number of hydrogen-bond acceptors (Lipinski definition) is 4. The van der Waals surface area contributed by atoms with E-state index in [0.29, 0.717) is 18.7 Å². The summed E-state index contributed by atoms with van der Waals surface area (Å²) in [6.45, 7) is 1.31. The molecular formula is C17H14BrF2N3O3S. The molecule has 2 aromatic heterocycles. The molecule has 27 heavy (non-hydrogen) atoms. The Balaban J connectivity index is 1.69. The maximum absolute atomic E-state index is 14.0. The van der Waals surface area contributed by atoms with Gasteiger partial charge in [-0.15, -0.1) is 0 Å². The fourth-order valence-corrected chi connectivity index (χ4v) is 4.52. The predicted molar refractivity (Wildman–Crippen MR) is 98.2 cm³/mol. The highest BCUT2D eigenvalue weighted by atomic mass is 79.9. The normalized spacial score (nSPS) is 17.5. The summed E-state index contributed by atoms with van der Waals surface area (Å²) < 4.78 is 61.8. The molecule has 1 aromatic carbocycles. The van der Waals surface area contributed by atoms with Gasteiger partial charge in [-0.1, -0.05) is 6.07 Å². The number of fused-ring (bicyclic) bond motifs is 1. The molecule has 1 atom stereocenters. The average Bonchev–Trinajstić information content (AvgIpc) is 3.28. The van der Waals surface area contributed by atoms with Gasteiger partial charge in [-0.3, -0.25) is 4.72 Å². The van der Waals surface area contributed by atoms with Crippen LogP contribution in [-0.2, 0) is 14.8 Å². The zero-order valence-corrected chi connectivity index (χ0v) is 16.2. The minimum absolute atomic E-state index is 0.0950. The van der Waals surface area contributed by atoms with E-state index >= 15 is 0 Å². The Morgan fingerprint density at radius 2 is 2.07 bits per heavy atom. The summed E-state index contributed by atoms with van der Waals surface area (Å²) in [5.74, 6) is -1.43. The van der Waals surface area contributed by atoms with Gasteiger partial charge in [0.1, 0.15) is 16.5 Å². The first-order valence-electron chi connectivity index (χ1n) is 8.07. The molecule has 1 saturated heterocycles. The zero-order chi connectivity index (χ0) is 19.2. The smallest absolute Gasteiger partial charge is 0.265 e. The Kier molecular flexibility index (Phi) is 4.65. The summed E-state index contributed by atoms with van der Waals surface area (Å²) in [7, 11) is -4.16. The minimum atomic E-state index is -4.16. The van der Waals surface area contributed by atoms with Crippen LogP contribution in [0.5, 0.6) is 0 Å². The third-order valence-corrected chi connectivity index (χ3v) is 6.44. The lowest BCUT2D eigenvalue weighted by Crippen LogP contribution is -2.14. The van der Waals surface area contributed by atoms with Crippen molar-refractivity contribution in [1.82, 2.24) is 9.61 Å². The molecule has 0 bridgehead atoms. The average molecular weight is 458 g/mol. The van der Waals surface area contributed by atoms with Crippen molar-refractivity contribution in [2.75, 3.05) is 17.9 Å². The fraction of sp³-hybridized carbons (Fsp3) is 0.235. The molecule has 1 fully saturated rings. The maximum Gasteiger partial charge on any atom is 0.265 e. The minimum Gasteiger partial charge on any atom is -0.381 e. The van der Waals surface area contributed by atoms with Gasteiger partial charge in [-0.2, -0.15) is 5.10 Å². The van der Waals surface area contributed by atoms with E-state index in [2.05, 4.69) is 25.8 Å². The molecule has 1 aliphatic rings. The molecular weight excluding hydrogens is 444 g/mol. The van der Waals surface area contributed by atoms with Gasteiger partial charge in [0.15, 0.2) is 0 Å². The van der Waals surface area contributed by atoms with Crippen LogP contribution in [0.1, 0.15) is 17.9 Å². The van der Waals surface area contributed by atoms with Gasteiger partial charge in [0.25, 0.3) is 10.0 Å². The summed E-state index contributed by atoms with van der Waals surface area (Å²) in [5.41, 5.74) is 0.860. The van der Waals surface area contributed by atoms with Crippen molar-refractivity contribution in [3.63, 3.8) is 0 Å². The van der Waals surface area contributed by atoms with Crippen LogP contribution in [0.3, 0.4) is 0 Å². The van der Waals surface area contributed by atoms with Crippen LogP contribution in [-0.4, -0.2) is 31.2 Å². The van der Waals surface area contributed by atoms with Gasteiger partial charge in [-0.05, 0) is 40.0 Å². The highest BCUT2D eigenvalue weighted by Crippen LogP contribution is 2.29. The van der Waals surface area contributed by atoms with Crippen molar-refractivity contribution in [1.29, 1.82) is 0 Å². The molecule has 10 heteroatoms. The van der Waals surface area contributed by atoms with E-state index in [-0.39, 0.29) is 15.3 Å². The molecule has 0 spiro atoms. The molecule has 0 aliphatic carbocycles. The van der Waals surface area contributed by atoms with Crippen LogP contribution < -0.4 is 4.72 Å². The number of rotatable bonds is 4. The molecule has 4 rings (SSSR count). The summed E-state index contributed by atoms with van der Waals surface area (Å²) >= 11 is 2.85. The highest BCUT2D eigenvalue weighted by Gasteiger charge is 2.24. The second-order valence-electron chi connectivity index (χ2n) is 6.21. The number of hydrogen-bond donors (Lipinski definition) is 1. The molecule has 1 unspecified atom stereocenters. The largest absolute Gasteiger partial charge is 0.381 e. The van der Waals surface area contributed by atoms with E-state index in [1.807, 2.05) is 6.07 Å². The molecule has 1 aliphatic heterocycles. The molecule has 3 aromatic rings. The number of benzene rings is 1. The first kappa shape index (κ1) is 18.3. The predicted octanol–water partition coefficient (Wildman–Crippen LogP) is 3.68. The van der Waals surface area contributed by atoms with Crippen LogP contribution in [0, 0.1) is 11.6 Å². The van der Waals surface area contributed by atoms with E-state index in [1.54, 1.807) is 12.3 Å². The number of nitrogens with one attached hydrogen (secondary N) is 1. The van der Waals surface area contributed by atoms with E-state index in [4.69, 9.17) is 4.74 Å². The van der Waals surface area contributed by atoms with Crippen molar-refractivity contribution in [3.05, 3.63) is 58.3 Å². The van der Waals surface area contributed by atoms with Crippen molar-refractivity contribution in [2.24, 2.45) is 0 Å². The number of halogens is 3. The van der Waals surface area contributed by atoms with Crippen LogP contribution in [0.25, 0.3) is 5.52 Å². The molecule has 0 saturated carbocycles. The van der Waals surface area contributed by atoms with Crippen molar-refractivity contribution in [3.8, 4) is 0 Å². The summed E-state index contributed by atoms with van der Waals surface area (Å²) in [6.07, 6.45) is 3.83. The number of aromatic nitrogens is 2. The summed E-state index contributed by atoms with van der Waals surface area (Å²) in [6, 6.07) is 5.11.